The van der Waals surface area contributed by atoms with Crippen LogP contribution < -0.4 is 16.1 Å². The van der Waals surface area contributed by atoms with Crippen molar-refractivity contribution in [3.63, 3.8) is 0 Å². The molecule has 1 heterocycles. The van der Waals surface area contributed by atoms with Crippen molar-refractivity contribution in [1.29, 1.82) is 0 Å². The molecule has 0 aromatic heterocycles. The summed E-state index contributed by atoms with van der Waals surface area (Å²) in [5.74, 6) is -1.51. The molecule has 1 saturated heterocycles. The second kappa shape index (κ2) is 11.9. The Morgan fingerprint density at radius 2 is 1.66 bits per heavy atom. The molecule has 0 radical (unpaired) electrons. The van der Waals surface area contributed by atoms with Gasteiger partial charge in [-0.25, -0.2) is 5.48 Å². The van der Waals surface area contributed by atoms with E-state index in [1.54, 1.807) is 24.3 Å². The molecule has 3 rings (SSSR count). The third-order valence-electron chi connectivity index (χ3n) is 6.16. The van der Waals surface area contributed by atoms with Gasteiger partial charge in [0, 0.05) is 30.4 Å². The minimum atomic E-state index is -1.28. The molecule has 0 spiro atoms. The molecule has 0 saturated carbocycles. The molecule has 5 N–H and O–H groups in total. The monoisotopic (exact) mass is 483 g/mol. The van der Waals surface area contributed by atoms with E-state index in [0.29, 0.717) is 23.8 Å². The number of aliphatic hydroxyl groups is 1. The van der Waals surface area contributed by atoms with Crippen LogP contribution in [0.25, 0.3) is 11.1 Å². The Balaban J connectivity index is 1.56. The molecule has 1 aliphatic rings. The van der Waals surface area contributed by atoms with Crippen molar-refractivity contribution >= 4 is 23.4 Å². The zero-order chi connectivity index (χ0) is 25.5. The van der Waals surface area contributed by atoms with Crippen LogP contribution in [0.5, 0.6) is 0 Å². The maximum absolute atomic E-state index is 12.4. The summed E-state index contributed by atoms with van der Waals surface area (Å²) in [5.41, 5.74) is 4.21. The third kappa shape index (κ3) is 7.09. The van der Waals surface area contributed by atoms with Crippen LogP contribution in [0, 0.1) is 0 Å². The number of hydrogen-bond acceptors (Lipinski definition) is 7. The number of nitrogens with one attached hydrogen (secondary N) is 3. The van der Waals surface area contributed by atoms with Gasteiger partial charge in [0.1, 0.15) is 6.04 Å². The van der Waals surface area contributed by atoms with Gasteiger partial charge in [0.2, 0.25) is 5.91 Å². The number of aliphatic hydroxyl groups excluding tert-OH is 1. The summed E-state index contributed by atoms with van der Waals surface area (Å²) in [6.07, 6.45) is -0.121. The number of likely N-dealkylation sites (N-methyl/N-ethyl adjacent to an activating group) is 1. The average Bonchev–Trinajstić information content (AvgIpc) is 3.31. The number of rotatable bonds is 9. The van der Waals surface area contributed by atoms with E-state index < -0.39 is 24.0 Å². The van der Waals surface area contributed by atoms with E-state index in [-0.39, 0.29) is 5.91 Å². The van der Waals surface area contributed by atoms with Crippen molar-refractivity contribution in [3.05, 3.63) is 54.1 Å². The first kappa shape index (κ1) is 26.3. The van der Waals surface area contributed by atoms with Crippen molar-refractivity contribution in [2.45, 2.75) is 31.5 Å². The van der Waals surface area contributed by atoms with E-state index in [0.717, 1.165) is 30.6 Å². The fourth-order valence-corrected chi connectivity index (χ4v) is 4.04. The Morgan fingerprint density at radius 3 is 2.17 bits per heavy atom. The van der Waals surface area contributed by atoms with Crippen LogP contribution in [0.3, 0.4) is 0 Å². The first-order valence-corrected chi connectivity index (χ1v) is 11.5. The van der Waals surface area contributed by atoms with Gasteiger partial charge in [-0.15, -0.1) is 0 Å². The van der Waals surface area contributed by atoms with Crippen LogP contribution in [-0.2, 0) is 9.59 Å². The number of hydroxylamine groups is 1. The lowest BCUT2D eigenvalue weighted by Crippen LogP contribution is -2.51. The van der Waals surface area contributed by atoms with Crippen molar-refractivity contribution in [2.75, 3.05) is 39.0 Å². The second-order valence-corrected chi connectivity index (χ2v) is 9.01. The molecular weight excluding hydrogens is 450 g/mol. The van der Waals surface area contributed by atoms with Gasteiger partial charge in [-0.2, -0.15) is 0 Å². The lowest BCUT2D eigenvalue weighted by molar-refractivity contribution is -0.133. The molecule has 1 unspecified atom stereocenters. The van der Waals surface area contributed by atoms with E-state index in [9.17, 15) is 19.5 Å². The summed E-state index contributed by atoms with van der Waals surface area (Å²) in [4.78, 5) is 40.8. The highest BCUT2D eigenvalue weighted by atomic mass is 16.5. The van der Waals surface area contributed by atoms with Gasteiger partial charge >= 0.3 is 0 Å². The van der Waals surface area contributed by atoms with Gasteiger partial charge < -0.3 is 20.6 Å². The molecule has 10 nitrogen and oxygen atoms in total. The summed E-state index contributed by atoms with van der Waals surface area (Å²) in [6.45, 7) is 3.51. The Kier molecular flexibility index (Phi) is 8.94. The fraction of sp³-hybridized carbons (Fsp3) is 0.400. The Hall–Kier alpha value is -3.31. The van der Waals surface area contributed by atoms with Crippen molar-refractivity contribution in [2.24, 2.45) is 0 Å². The lowest BCUT2D eigenvalue weighted by Gasteiger charge is -2.20. The molecule has 0 aliphatic carbocycles. The van der Waals surface area contributed by atoms with Gasteiger partial charge in [0.25, 0.3) is 11.8 Å². The Bertz CT molecular complexity index is 1020. The predicted octanol–water partition coefficient (Wildman–Crippen LogP) is 0.913. The molecule has 35 heavy (non-hydrogen) atoms. The van der Waals surface area contributed by atoms with Gasteiger partial charge in [-0.1, -0.05) is 24.3 Å². The fourth-order valence-electron chi connectivity index (χ4n) is 4.04. The van der Waals surface area contributed by atoms with Gasteiger partial charge in [0.15, 0.2) is 0 Å². The molecule has 0 bridgehead atoms. The summed E-state index contributed by atoms with van der Waals surface area (Å²) >= 11 is 0. The van der Waals surface area contributed by atoms with E-state index in [2.05, 4.69) is 34.5 Å². The van der Waals surface area contributed by atoms with Crippen LogP contribution in [0.4, 0.5) is 5.69 Å². The van der Waals surface area contributed by atoms with Gasteiger partial charge in [0.05, 0.1) is 12.6 Å². The zero-order valence-corrected chi connectivity index (χ0v) is 20.2. The molecule has 1 aliphatic heterocycles. The highest BCUT2D eigenvalue weighted by molar-refractivity contribution is 5.98. The number of likely N-dealkylation sites (tertiary alicyclic amines) is 1. The molecule has 10 heteroatoms. The second-order valence-electron chi connectivity index (χ2n) is 9.01. The normalized spacial score (nSPS) is 17.6. The number of hydrogen-bond donors (Lipinski definition) is 5. The molecular formula is C25H33N5O5. The summed E-state index contributed by atoms with van der Waals surface area (Å²) in [6, 6.07) is 13.4. The van der Waals surface area contributed by atoms with E-state index in [4.69, 9.17) is 5.21 Å². The summed E-state index contributed by atoms with van der Waals surface area (Å²) in [7, 11) is 4.12. The Morgan fingerprint density at radius 1 is 1.06 bits per heavy atom. The molecule has 1 fully saturated rings. The summed E-state index contributed by atoms with van der Waals surface area (Å²) in [5, 5.41) is 23.8. The molecule has 3 atom stereocenters. The standard InChI is InChI=1S/C25H33N5O5/c1-16(31)23(25(34)28-35)27-24(33)19-6-4-17(5-7-19)18-8-10-20(11-9-18)26-22(32)15-30-13-12-21(14-30)29(2)3/h4-11,16,21,23,31,35H,12-15H2,1-3H3,(H,26,32)(H,27,33)(H,28,34)/t16-,21?,23+/m1/s1. The number of carbonyl (C=O) groups is 3. The Labute approximate surface area is 204 Å². The van der Waals surface area contributed by atoms with Crippen molar-refractivity contribution in [3.8, 4) is 11.1 Å². The average molecular weight is 484 g/mol. The highest BCUT2D eigenvalue weighted by Gasteiger charge is 2.26. The minimum Gasteiger partial charge on any atom is -0.391 e. The largest absolute Gasteiger partial charge is 0.391 e. The van der Waals surface area contributed by atoms with Crippen LogP contribution in [0.15, 0.2) is 48.5 Å². The van der Waals surface area contributed by atoms with Gasteiger partial charge in [-0.3, -0.25) is 24.5 Å². The predicted molar refractivity (Wildman–Crippen MR) is 132 cm³/mol. The van der Waals surface area contributed by atoms with Crippen LogP contribution >= 0.6 is 0 Å². The number of amides is 3. The van der Waals surface area contributed by atoms with Crippen LogP contribution in [-0.4, -0.2) is 89.8 Å². The maximum Gasteiger partial charge on any atom is 0.268 e. The van der Waals surface area contributed by atoms with E-state index in [1.165, 1.54) is 12.4 Å². The molecule has 188 valence electrons. The summed E-state index contributed by atoms with van der Waals surface area (Å²) < 4.78 is 0. The molecule has 2 aromatic rings. The van der Waals surface area contributed by atoms with Crippen molar-refractivity contribution < 1.29 is 24.7 Å². The van der Waals surface area contributed by atoms with Gasteiger partial charge in [-0.05, 0) is 62.8 Å². The van der Waals surface area contributed by atoms with Crippen molar-refractivity contribution in [1.82, 2.24) is 20.6 Å². The lowest BCUT2D eigenvalue weighted by atomic mass is 10.0. The van der Waals surface area contributed by atoms with E-state index in [1.807, 2.05) is 24.3 Å². The SMILES string of the molecule is C[C@@H](O)[C@H](NC(=O)c1ccc(-c2ccc(NC(=O)CN3CCC(N(C)C)C3)cc2)cc1)C(=O)NO. The minimum absolute atomic E-state index is 0.0436. The molecule has 3 amide bonds. The number of benzene rings is 2. The maximum atomic E-state index is 12.4. The highest BCUT2D eigenvalue weighted by Crippen LogP contribution is 2.22. The van der Waals surface area contributed by atoms with Crippen LogP contribution in [0.2, 0.25) is 0 Å². The first-order valence-electron chi connectivity index (χ1n) is 11.5. The van der Waals surface area contributed by atoms with Crippen LogP contribution in [0.1, 0.15) is 23.7 Å². The molecule has 2 aromatic carbocycles. The van der Waals surface area contributed by atoms with E-state index >= 15 is 0 Å². The quantitative estimate of drug-likeness (QED) is 0.264. The topological polar surface area (TPSA) is 134 Å². The zero-order valence-electron chi connectivity index (χ0n) is 20.2. The third-order valence-corrected chi connectivity index (χ3v) is 6.16. The number of anilines is 1. The smallest absolute Gasteiger partial charge is 0.268 e. The first-order chi connectivity index (χ1) is 16.7. The number of carbonyl (C=O) groups excluding carboxylic acids is 3. The number of nitrogens with zero attached hydrogens (tertiary/aromatic N) is 2.